The van der Waals surface area contributed by atoms with Gasteiger partial charge in [-0.1, -0.05) is 19.6 Å². The number of hydrogen-bond donors (Lipinski definition) is 1. The van der Waals surface area contributed by atoms with Crippen molar-refractivity contribution in [3.63, 3.8) is 0 Å². The van der Waals surface area contributed by atoms with Crippen LogP contribution in [-0.4, -0.2) is 17.7 Å². The van der Waals surface area contributed by atoms with Crippen molar-refractivity contribution in [2.75, 3.05) is 11.9 Å². The highest BCUT2D eigenvalue weighted by Crippen LogP contribution is 2.15. The molecular weight excluding hydrogens is 200 g/mol. The first-order valence-electron chi connectivity index (χ1n) is 4.25. The summed E-state index contributed by atoms with van der Waals surface area (Å²) in [4.78, 5) is 15.2. The maximum absolute atomic E-state index is 11.1. The molecule has 4 nitrogen and oxygen atoms in total. The van der Waals surface area contributed by atoms with Gasteiger partial charge in [0.2, 0.25) is 0 Å². The second kappa shape index (κ2) is 5.39. The Morgan fingerprint density at radius 1 is 1.86 bits per heavy atom. The van der Waals surface area contributed by atoms with Crippen molar-refractivity contribution in [1.82, 2.24) is 4.98 Å². The van der Waals surface area contributed by atoms with E-state index in [9.17, 15) is 4.79 Å². The van der Waals surface area contributed by atoms with Crippen LogP contribution >= 0.6 is 11.3 Å². The van der Waals surface area contributed by atoms with Crippen LogP contribution in [-0.2, 0) is 11.2 Å². The first-order valence-corrected chi connectivity index (χ1v) is 5.13. The second-order valence-electron chi connectivity index (χ2n) is 2.51. The summed E-state index contributed by atoms with van der Waals surface area (Å²) in [5.41, 5.74) is 0.967. The summed E-state index contributed by atoms with van der Waals surface area (Å²) in [6.45, 7) is 5.65. The Morgan fingerprint density at radius 2 is 2.64 bits per heavy atom. The number of carbonyl (C=O) groups excluding carboxylic acids is 1. The number of hydrogen-bond acceptors (Lipinski definition) is 4. The normalized spacial score (nSPS) is 9.50. The molecule has 0 radical (unpaired) electrons. The van der Waals surface area contributed by atoms with Crippen molar-refractivity contribution in [3.8, 4) is 0 Å². The quantitative estimate of drug-likeness (QED) is 0.780. The largest absolute Gasteiger partial charge is 0.445 e. The van der Waals surface area contributed by atoms with E-state index in [1.54, 1.807) is 0 Å². The van der Waals surface area contributed by atoms with Crippen LogP contribution in [0.25, 0.3) is 0 Å². The molecule has 0 spiro atoms. The standard InChI is InChI=1S/C9H12N2O2S/c1-3-5-13-9(12)11-8-10-7(4-2)6-14-8/h3,6H,1,4-5H2,2H3,(H,10,11,12). The molecule has 0 fully saturated rings. The molecule has 0 aliphatic rings. The Bertz CT molecular complexity index is 322. The monoisotopic (exact) mass is 212 g/mol. The van der Waals surface area contributed by atoms with Crippen molar-refractivity contribution in [1.29, 1.82) is 0 Å². The number of ether oxygens (including phenoxy) is 1. The molecule has 1 amide bonds. The molecule has 0 aliphatic carbocycles. The Kier molecular flexibility index (Phi) is 4.12. The van der Waals surface area contributed by atoms with Gasteiger partial charge in [-0.25, -0.2) is 9.78 Å². The number of nitrogens with zero attached hydrogens (tertiary/aromatic N) is 1. The third kappa shape index (κ3) is 3.18. The van der Waals surface area contributed by atoms with Crippen LogP contribution < -0.4 is 5.32 Å². The van der Waals surface area contributed by atoms with Crippen molar-refractivity contribution in [2.24, 2.45) is 0 Å². The lowest BCUT2D eigenvalue weighted by Gasteiger charge is -2.00. The van der Waals surface area contributed by atoms with Crippen LogP contribution in [0.15, 0.2) is 18.0 Å². The molecule has 0 aromatic carbocycles. The average molecular weight is 212 g/mol. The van der Waals surface area contributed by atoms with Crippen molar-refractivity contribution in [2.45, 2.75) is 13.3 Å². The Labute approximate surface area is 86.6 Å². The minimum Gasteiger partial charge on any atom is -0.445 e. The third-order valence-electron chi connectivity index (χ3n) is 1.46. The van der Waals surface area contributed by atoms with E-state index in [2.05, 4.69) is 16.9 Å². The van der Waals surface area contributed by atoms with Gasteiger partial charge in [0.15, 0.2) is 5.13 Å². The van der Waals surface area contributed by atoms with E-state index < -0.39 is 6.09 Å². The average Bonchev–Trinajstić information content (AvgIpc) is 2.62. The van der Waals surface area contributed by atoms with Gasteiger partial charge in [-0.3, -0.25) is 5.32 Å². The van der Waals surface area contributed by atoms with Crippen LogP contribution in [0.1, 0.15) is 12.6 Å². The van der Waals surface area contributed by atoms with Gasteiger partial charge in [0.1, 0.15) is 6.61 Å². The predicted molar refractivity (Wildman–Crippen MR) is 56.7 cm³/mol. The molecule has 1 N–H and O–H groups in total. The van der Waals surface area contributed by atoms with Crippen LogP contribution in [0, 0.1) is 0 Å². The number of thiazole rings is 1. The Balaban J connectivity index is 2.43. The highest BCUT2D eigenvalue weighted by Gasteiger charge is 2.05. The first-order chi connectivity index (χ1) is 6.76. The molecule has 0 atom stereocenters. The molecule has 5 heteroatoms. The second-order valence-corrected chi connectivity index (χ2v) is 3.37. The zero-order valence-corrected chi connectivity index (χ0v) is 8.76. The molecule has 1 rings (SSSR count). The number of nitrogens with one attached hydrogen (secondary N) is 1. The summed E-state index contributed by atoms with van der Waals surface area (Å²) in [7, 11) is 0. The maximum Gasteiger partial charge on any atom is 0.413 e. The molecular formula is C9H12N2O2S. The fourth-order valence-corrected chi connectivity index (χ4v) is 1.56. The molecule has 1 heterocycles. The van der Waals surface area contributed by atoms with Gasteiger partial charge < -0.3 is 4.74 Å². The topological polar surface area (TPSA) is 51.2 Å². The van der Waals surface area contributed by atoms with E-state index in [0.29, 0.717) is 5.13 Å². The van der Waals surface area contributed by atoms with E-state index in [4.69, 9.17) is 4.74 Å². The van der Waals surface area contributed by atoms with E-state index in [1.807, 2.05) is 12.3 Å². The Morgan fingerprint density at radius 3 is 3.21 bits per heavy atom. The molecule has 0 unspecified atom stereocenters. The molecule has 14 heavy (non-hydrogen) atoms. The lowest BCUT2D eigenvalue weighted by molar-refractivity contribution is 0.174. The smallest absolute Gasteiger partial charge is 0.413 e. The molecule has 1 aromatic heterocycles. The van der Waals surface area contributed by atoms with Gasteiger partial charge in [-0.2, -0.15) is 0 Å². The summed E-state index contributed by atoms with van der Waals surface area (Å²) in [5.74, 6) is 0. The predicted octanol–water partition coefficient (Wildman–Crippen LogP) is 2.44. The summed E-state index contributed by atoms with van der Waals surface area (Å²) in [6, 6.07) is 0. The molecule has 0 saturated carbocycles. The lowest BCUT2D eigenvalue weighted by atomic mass is 10.4. The minimum absolute atomic E-state index is 0.206. The first kappa shape index (κ1) is 10.7. The zero-order valence-electron chi connectivity index (χ0n) is 7.95. The number of aryl methyl sites for hydroxylation is 1. The van der Waals surface area contributed by atoms with Crippen LogP contribution in [0.4, 0.5) is 9.93 Å². The molecule has 0 aliphatic heterocycles. The summed E-state index contributed by atoms with van der Waals surface area (Å²) in [5, 5.41) is 5.00. The zero-order chi connectivity index (χ0) is 10.4. The van der Waals surface area contributed by atoms with Gasteiger partial charge in [0, 0.05) is 5.38 Å². The van der Waals surface area contributed by atoms with Crippen LogP contribution in [0.2, 0.25) is 0 Å². The molecule has 76 valence electrons. The van der Waals surface area contributed by atoms with Crippen LogP contribution in [0.5, 0.6) is 0 Å². The molecule has 0 saturated heterocycles. The molecule has 0 bridgehead atoms. The Hall–Kier alpha value is -1.36. The van der Waals surface area contributed by atoms with Crippen molar-refractivity contribution < 1.29 is 9.53 Å². The fraction of sp³-hybridized carbons (Fsp3) is 0.333. The lowest BCUT2D eigenvalue weighted by Crippen LogP contribution is -2.13. The van der Waals surface area contributed by atoms with Gasteiger partial charge >= 0.3 is 6.09 Å². The molecule has 1 aromatic rings. The van der Waals surface area contributed by atoms with E-state index in [-0.39, 0.29) is 6.61 Å². The van der Waals surface area contributed by atoms with E-state index in [1.165, 1.54) is 17.4 Å². The number of aromatic nitrogens is 1. The maximum atomic E-state index is 11.1. The SMILES string of the molecule is C=CCOC(=O)Nc1nc(CC)cs1. The van der Waals surface area contributed by atoms with Gasteiger partial charge in [0.05, 0.1) is 5.69 Å². The number of anilines is 1. The van der Waals surface area contributed by atoms with Crippen LogP contribution in [0.3, 0.4) is 0 Å². The number of carbonyl (C=O) groups is 1. The summed E-state index contributed by atoms with van der Waals surface area (Å²) in [6.07, 6.45) is 1.88. The highest BCUT2D eigenvalue weighted by molar-refractivity contribution is 7.13. The highest BCUT2D eigenvalue weighted by atomic mass is 32.1. The van der Waals surface area contributed by atoms with Gasteiger partial charge in [-0.15, -0.1) is 11.3 Å². The number of amides is 1. The fourth-order valence-electron chi connectivity index (χ4n) is 0.785. The van der Waals surface area contributed by atoms with Crippen molar-refractivity contribution in [3.05, 3.63) is 23.7 Å². The number of rotatable bonds is 4. The van der Waals surface area contributed by atoms with Crippen molar-refractivity contribution >= 4 is 22.6 Å². The summed E-state index contributed by atoms with van der Waals surface area (Å²) < 4.78 is 4.74. The minimum atomic E-state index is -0.498. The van der Waals surface area contributed by atoms with E-state index >= 15 is 0 Å². The van der Waals surface area contributed by atoms with Gasteiger partial charge in [-0.05, 0) is 6.42 Å². The van der Waals surface area contributed by atoms with E-state index in [0.717, 1.165) is 12.1 Å². The summed E-state index contributed by atoms with van der Waals surface area (Å²) >= 11 is 1.39. The van der Waals surface area contributed by atoms with Gasteiger partial charge in [0.25, 0.3) is 0 Å². The third-order valence-corrected chi connectivity index (χ3v) is 2.26.